The van der Waals surface area contributed by atoms with E-state index >= 15 is 0 Å². The van der Waals surface area contributed by atoms with E-state index in [4.69, 9.17) is 0 Å². The molecule has 0 bridgehead atoms. The summed E-state index contributed by atoms with van der Waals surface area (Å²) in [7, 11) is 0. The summed E-state index contributed by atoms with van der Waals surface area (Å²) in [6.45, 7) is 2.10. The quantitative estimate of drug-likeness (QED) is 0.580. The Morgan fingerprint density at radius 1 is 0.821 bits per heavy atom. The average Bonchev–Trinajstić information content (AvgIpc) is 2.74. The van der Waals surface area contributed by atoms with Crippen LogP contribution in [0.2, 0.25) is 0 Å². The highest BCUT2D eigenvalue weighted by Gasteiger charge is 2.09. The molecule has 142 valence electrons. The van der Waals surface area contributed by atoms with Crippen LogP contribution in [0.25, 0.3) is 0 Å². The molecule has 0 saturated carbocycles. The molecule has 0 aliphatic carbocycles. The van der Waals surface area contributed by atoms with Gasteiger partial charge < -0.3 is 16.0 Å². The summed E-state index contributed by atoms with van der Waals surface area (Å²) in [6.07, 6.45) is 0. The maximum absolute atomic E-state index is 12.3. The number of carbonyl (C=O) groups excluding carboxylic acids is 2. The second kappa shape index (κ2) is 9.37. The molecule has 28 heavy (non-hydrogen) atoms. The van der Waals surface area contributed by atoms with Crippen LogP contribution in [0.4, 0.5) is 11.4 Å². The molecule has 1 atom stereocenters. The van der Waals surface area contributed by atoms with Gasteiger partial charge in [0.2, 0.25) is 5.91 Å². The number of hydrogen-bond donors (Lipinski definition) is 3. The number of carbonyl (C=O) groups is 2. The van der Waals surface area contributed by atoms with E-state index in [0.717, 1.165) is 11.3 Å². The second-order valence-electron chi connectivity index (χ2n) is 6.45. The lowest BCUT2D eigenvalue weighted by molar-refractivity contribution is -0.120. The van der Waals surface area contributed by atoms with Crippen LogP contribution in [0.3, 0.4) is 0 Å². The Hall–Kier alpha value is -3.60. The van der Waals surface area contributed by atoms with Gasteiger partial charge in [-0.25, -0.2) is 0 Å². The van der Waals surface area contributed by atoms with Crippen LogP contribution in [0, 0.1) is 0 Å². The minimum atomic E-state index is -0.174. The van der Waals surface area contributed by atoms with Crippen molar-refractivity contribution in [1.29, 1.82) is 0 Å². The Balaban J connectivity index is 1.53. The van der Waals surface area contributed by atoms with Gasteiger partial charge in [0.25, 0.3) is 5.91 Å². The van der Waals surface area contributed by atoms with E-state index in [0.29, 0.717) is 11.3 Å². The summed E-state index contributed by atoms with van der Waals surface area (Å²) in [6, 6.07) is 26.1. The fraction of sp³-hybridized carbons (Fsp3) is 0.130. The Labute approximate surface area is 164 Å². The minimum Gasteiger partial charge on any atom is -0.376 e. The van der Waals surface area contributed by atoms with Crippen LogP contribution in [0.5, 0.6) is 0 Å². The van der Waals surface area contributed by atoms with Crippen molar-refractivity contribution in [3.05, 3.63) is 96.1 Å². The van der Waals surface area contributed by atoms with Crippen molar-refractivity contribution in [1.82, 2.24) is 5.32 Å². The van der Waals surface area contributed by atoms with Crippen LogP contribution in [-0.2, 0) is 4.79 Å². The van der Waals surface area contributed by atoms with E-state index in [9.17, 15) is 9.59 Å². The highest BCUT2D eigenvalue weighted by Crippen LogP contribution is 2.16. The molecule has 5 heteroatoms. The van der Waals surface area contributed by atoms with E-state index in [-0.39, 0.29) is 24.4 Å². The van der Waals surface area contributed by atoms with E-state index in [1.807, 2.05) is 73.7 Å². The lowest BCUT2D eigenvalue weighted by Gasteiger charge is -2.15. The Kier molecular flexibility index (Phi) is 6.41. The summed E-state index contributed by atoms with van der Waals surface area (Å²) in [5, 5.41) is 8.92. The Bertz CT molecular complexity index is 927. The SMILES string of the molecule is CC(NC(=O)CNc1cccc(NC(=O)c2ccccc2)c1)c1ccccc1. The van der Waals surface area contributed by atoms with Crippen LogP contribution in [0.1, 0.15) is 28.9 Å². The van der Waals surface area contributed by atoms with Crippen LogP contribution >= 0.6 is 0 Å². The molecule has 0 heterocycles. The number of amides is 2. The predicted octanol–water partition coefficient (Wildman–Crippen LogP) is 4.23. The molecule has 0 aliphatic rings. The van der Waals surface area contributed by atoms with Gasteiger partial charge >= 0.3 is 0 Å². The van der Waals surface area contributed by atoms with E-state index in [1.54, 1.807) is 18.2 Å². The van der Waals surface area contributed by atoms with Crippen LogP contribution < -0.4 is 16.0 Å². The van der Waals surface area contributed by atoms with E-state index in [1.165, 1.54) is 0 Å². The summed E-state index contributed by atoms with van der Waals surface area (Å²) < 4.78 is 0. The smallest absolute Gasteiger partial charge is 0.255 e. The Morgan fingerprint density at radius 2 is 1.46 bits per heavy atom. The maximum Gasteiger partial charge on any atom is 0.255 e. The monoisotopic (exact) mass is 373 g/mol. The Morgan fingerprint density at radius 3 is 2.18 bits per heavy atom. The topological polar surface area (TPSA) is 70.2 Å². The first-order valence-corrected chi connectivity index (χ1v) is 9.16. The molecule has 0 radical (unpaired) electrons. The van der Waals surface area contributed by atoms with Gasteiger partial charge in [0.1, 0.15) is 0 Å². The van der Waals surface area contributed by atoms with Crippen LogP contribution in [-0.4, -0.2) is 18.4 Å². The van der Waals surface area contributed by atoms with Gasteiger partial charge in [0, 0.05) is 16.9 Å². The standard InChI is InChI=1S/C23H23N3O2/c1-17(18-9-4-2-5-10-18)25-22(27)16-24-20-13-8-14-21(15-20)26-23(28)19-11-6-3-7-12-19/h2-15,17,24H,16H2,1H3,(H,25,27)(H,26,28). The van der Waals surface area contributed by atoms with Crippen molar-refractivity contribution in [2.75, 3.05) is 17.2 Å². The first kappa shape index (κ1) is 19.2. The molecule has 3 N–H and O–H groups in total. The number of nitrogens with one attached hydrogen (secondary N) is 3. The van der Waals surface area contributed by atoms with Gasteiger partial charge in [0.05, 0.1) is 12.6 Å². The number of rotatable bonds is 7. The summed E-state index contributed by atoms with van der Waals surface area (Å²) in [5.41, 5.74) is 3.07. The summed E-state index contributed by atoms with van der Waals surface area (Å²) in [4.78, 5) is 24.5. The van der Waals surface area contributed by atoms with Crippen molar-refractivity contribution in [2.24, 2.45) is 0 Å². The molecule has 3 aromatic rings. The minimum absolute atomic E-state index is 0.0630. The molecular weight excluding hydrogens is 350 g/mol. The third-order valence-corrected chi connectivity index (χ3v) is 4.29. The first-order chi connectivity index (χ1) is 13.6. The van der Waals surface area contributed by atoms with Crippen molar-refractivity contribution in [2.45, 2.75) is 13.0 Å². The highest BCUT2D eigenvalue weighted by atomic mass is 16.2. The lowest BCUT2D eigenvalue weighted by atomic mass is 10.1. The molecule has 0 aliphatic heterocycles. The third-order valence-electron chi connectivity index (χ3n) is 4.29. The lowest BCUT2D eigenvalue weighted by Crippen LogP contribution is -2.32. The third kappa shape index (κ3) is 5.45. The van der Waals surface area contributed by atoms with Crippen molar-refractivity contribution >= 4 is 23.2 Å². The molecule has 0 spiro atoms. The number of anilines is 2. The molecule has 2 amide bonds. The molecular formula is C23H23N3O2. The van der Waals surface area contributed by atoms with Gasteiger partial charge in [-0.15, -0.1) is 0 Å². The zero-order valence-electron chi connectivity index (χ0n) is 15.7. The summed E-state index contributed by atoms with van der Waals surface area (Å²) in [5.74, 6) is -0.276. The molecule has 3 aromatic carbocycles. The molecule has 0 aromatic heterocycles. The van der Waals surface area contributed by atoms with Gasteiger partial charge in [-0.2, -0.15) is 0 Å². The first-order valence-electron chi connectivity index (χ1n) is 9.16. The van der Waals surface area contributed by atoms with Crippen molar-refractivity contribution in [3.8, 4) is 0 Å². The maximum atomic E-state index is 12.3. The van der Waals surface area contributed by atoms with Gasteiger partial charge in [-0.05, 0) is 42.8 Å². The largest absolute Gasteiger partial charge is 0.376 e. The normalized spacial score (nSPS) is 11.3. The average molecular weight is 373 g/mol. The van der Waals surface area contributed by atoms with Crippen LogP contribution in [0.15, 0.2) is 84.9 Å². The summed E-state index contributed by atoms with van der Waals surface area (Å²) >= 11 is 0. The highest BCUT2D eigenvalue weighted by molar-refractivity contribution is 6.04. The molecule has 0 fully saturated rings. The van der Waals surface area contributed by atoms with E-state index < -0.39 is 0 Å². The molecule has 0 saturated heterocycles. The number of hydrogen-bond acceptors (Lipinski definition) is 3. The second-order valence-corrected chi connectivity index (χ2v) is 6.45. The zero-order valence-corrected chi connectivity index (χ0v) is 15.7. The molecule has 3 rings (SSSR count). The van der Waals surface area contributed by atoms with Crippen molar-refractivity contribution < 1.29 is 9.59 Å². The van der Waals surface area contributed by atoms with Gasteiger partial charge in [-0.3, -0.25) is 9.59 Å². The number of benzene rings is 3. The molecule has 1 unspecified atom stereocenters. The zero-order chi connectivity index (χ0) is 19.8. The fourth-order valence-electron chi connectivity index (χ4n) is 2.80. The van der Waals surface area contributed by atoms with Gasteiger partial charge in [-0.1, -0.05) is 54.6 Å². The van der Waals surface area contributed by atoms with E-state index in [2.05, 4.69) is 16.0 Å². The molecule has 5 nitrogen and oxygen atoms in total. The van der Waals surface area contributed by atoms with Crippen molar-refractivity contribution in [3.63, 3.8) is 0 Å². The van der Waals surface area contributed by atoms with Gasteiger partial charge in [0.15, 0.2) is 0 Å². The fourth-order valence-corrected chi connectivity index (χ4v) is 2.80. The predicted molar refractivity (Wildman–Crippen MR) is 112 cm³/mol.